The Morgan fingerprint density at radius 3 is 3.00 bits per heavy atom. The zero-order valence-electron chi connectivity index (χ0n) is 10.5. The van der Waals surface area contributed by atoms with E-state index in [1.807, 2.05) is 6.07 Å². The third kappa shape index (κ3) is 1.65. The molecule has 1 saturated carbocycles. The van der Waals surface area contributed by atoms with Gasteiger partial charge in [-0.2, -0.15) is 0 Å². The summed E-state index contributed by atoms with van der Waals surface area (Å²) >= 11 is 0. The molecule has 1 saturated heterocycles. The van der Waals surface area contributed by atoms with E-state index in [-0.39, 0.29) is 0 Å². The average molecular weight is 257 g/mol. The molecule has 1 aliphatic heterocycles. The maximum Gasteiger partial charge on any atom is 0.251 e. The van der Waals surface area contributed by atoms with Crippen LogP contribution in [0, 0.1) is 0 Å². The molecule has 98 valence electrons. The first-order valence-electron chi connectivity index (χ1n) is 6.61. The van der Waals surface area contributed by atoms with Gasteiger partial charge in [0.2, 0.25) is 0 Å². The quantitative estimate of drug-likeness (QED) is 0.855. The first-order chi connectivity index (χ1) is 9.17. The van der Waals surface area contributed by atoms with Crippen molar-refractivity contribution in [3.63, 3.8) is 0 Å². The summed E-state index contributed by atoms with van der Waals surface area (Å²) in [6.07, 6.45) is 3.57. The monoisotopic (exact) mass is 257 g/mol. The Labute approximate surface area is 110 Å². The highest BCUT2D eigenvalue weighted by Gasteiger charge is 2.49. The van der Waals surface area contributed by atoms with Crippen molar-refractivity contribution in [2.75, 3.05) is 6.54 Å². The van der Waals surface area contributed by atoms with Crippen molar-refractivity contribution in [2.24, 2.45) is 5.73 Å². The maximum atomic E-state index is 11.4. The van der Waals surface area contributed by atoms with E-state index in [1.54, 1.807) is 12.1 Å². The predicted octanol–water partition coefficient (Wildman–Crippen LogP) is 1.54. The van der Waals surface area contributed by atoms with E-state index >= 15 is 0 Å². The Hall–Kier alpha value is -1.88. The van der Waals surface area contributed by atoms with Crippen LogP contribution in [0.15, 0.2) is 22.6 Å². The van der Waals surface area contributed by atoms with Crippen LogP contribution in [-0.4, -0.2) is 23.0 Å². The van der Waals surface area contributed by atoms with Gasteiger partial charge in [-0.3, -0.25) is 4.79 Å². The molecule has 2 fully saturated rings. The Kier molecular flexibility index (Phi) is 2.07. The van der Waals surface area contributed by atoms with E-state index in [0.29, 0.717) is 28.1 Å². The molecule has 2 aromatic rings. The molecule has 3 N–H and O–H groups in total. The van der Waals surface area contributed by atoms with Gasteiger partial charge in [-0.05, 0) is 31.4 Å². The highest BCUT2D eigenvalue weighted by Crippen LogP contribution is 2.47. The molecule has 0 radical (unpaired) electrons. The average Bonchev–Trinajstić information content (AvgIpc) is 2.84. The first kappa shape index (κ1) is 11.0. The number of aromatic nitrogens is 1. The number of benzene rings is 1. The fraction of sp³-hybridized carbons (Fsp3) is 0.429. The van der Waals surface area contributed by atoms with Crippen molar-refractivity contribution in [1.29, 1.82) is 0 Å². The van der Waals surface area contributed by atoms with Crippen molar-refractivity contribution >= 4 is 17.0 Å². The Morgan fingerprint density at radius 2 is 2.32 bits per heavy atom. The largest absolute Gasteiger partial charge is 0.440 e. The highest BCUT2D eigenvalue weighted by atomic mass is 16.3. The summed E-state index contributed by atoms with van der Waals surface area (Å²) in [4.78, 5) is 15.9. The summed E-state index contributed by atoms with van der Waals surface area (Å²) < 4.78 is 5.80. The van der Waals surface area contributed by atoms with Gasteiger partial charge in [0.15, 0.2) is 11.5 Å². The van der Waals surface area contributed by atoms with Crippen molar-refractivity contribution in [3.8, 4) is 0 Å². The second-order valence-corrected chi connectivity index (χ2v) is 5.63. The zero-order valence-corrected chi connectivity index (χ0v) is 10.5. The SMILES string of the molecule is NC(=O)c1cccc2oc(C3CNC4(CC4)C3)nc12. The number of hydrogen-bond acceptors (Lipinski definition) is 4. The first-order valence-corrected chi connectivity index (χ1v) is 6.61. The van der Waals surface area contributed by atoms with Gasteiger partial charge in [0.25, 0.3) is 5.91 Å². The molecule has 0 bridgehead atoms. The number of fused-ring (bicyclic) bond motifs is 1. The molecule has 4 rings (SSSR count). The van der Waals surface area contributed by atoms with Crippen LogP contribution in [0.25, 0.3) is 11.1 Å². The molecule has 1 aromatic heterocycles. The number of nitrogens with two attached hydrogens (primary N) is 1. The number of primary amides is 1. The van der Waals surface area contributed by atoms with E-state index in [4.69, 9.17) is 10.2 Å². The van der Waals surface area contributed by atoms with Crippen molar-refractivity contribution in [3.05, 3.63) is 29.7 Å². The molecule has 2 heterocycles. The number of carbonyl (C=O) groups is 1. The van der Waals surface area contributed by atoms with Gasteiger partial charge >= 0.3 is 0 Å². The number of nitrogens with zero attached hydrogens (tertiary/aromatic N) is 1. The van der Waals surface area contributed by atoms with Gasteiger partial charge < -0.3 is 15.5 Å². The topological polar surface area (TPSA) is 81.2 Å². The minimum absolute atomic E-state index is 0.302. The van der Waals surface area contributed by atoms with Gasteiger partial charge in [0.05, 0.1) is 5.56 Å². The molecule has 1 unspecified atom stereocenters. The summed E-state index contributed by atoms with van der Waals surface area (Å²) in [6, 6.07) is 5.28. The lowest BCUT2D eigenvalue weighted by atomic mass is 10.0. The predicted molar refractivity (Wildman–Crippen MR) is 69.9 cm³/mol. The van der Waals surface area contributed by atoms with Crippen molar-refractivity contribution in [2.45, 2.75) is 30.7 Å². The molecule has 5 nitrogen and oxygen atoms in total. The summed E-state index contributed by atoms with van der Waals surface area (Å²) in [5.74, 6) is 0.560. The third-order valence-electron chi connectivity index (χ3n) is 4.26. The Bertz CT molecular complexity index is 672. The van der Waals surface area contributed by atoms with E-state index in [0.717, 1.165) is 18.9 Å². The molecule has 1 amide bonds. The fourth-order valence-electron chi connectivity index (χ4n) is 3.00. The van der Waals surface area contributed by atoms with E-state index < -0.39 is 5.91 Å². The molecule has 5 heteroatoms. The summed E-state index contributed by atoms with van der Waals surface area (Å²) in [5, 5.41) is 3.55. The number of carbonyl (C=O) groups excluding carboxylic acids is 1. The van der Waals surface area contributed by atoms with E-state index in [9.17, 15) is 4.79 Å². The molecular formula is C14H15N3O2. The summed E-state index contributed by atoms with van der Waals surface area (Å²) in [7, 11) is 0. The number of oxazole rings is 1. The number of hydrogen-bond donors (Lipinski definition) is 2. The maximum absolute atomic E-state index is 11.4. The van der Waals surface area contributed by atoms with Gasteiger partial charge in [0.1, 0.15) is 5.52 Å². The van der Waals surface area contributed by atoms with E-state index in [2.05, 4.69) is 10.3 Å². The second kappa shape index (κ2) is 3.57. The van der Waals surface area contributed by atoms with Crippen LogP contribution in [0.3, 0.4) is 0 Å². The van der Waals surface area contributed by atoms with Crippen molar-refractivity contribution in [1.82, 2.24) is 10.3 Å². The van der Waals surface area contributed by atoms with Crippen LogP contribution >= 0.6 is 0 Å². The molecular weight excluding hydrogens is 242 g/mol. The molecule has 1 spiro atoms. The lowest BCUT2D eigenvalue weighted by Gasteiger charge is -2.03. The van der Waals surface area contributed by atoms with Crippen LogP contribution in [0.2, 0.25) is 0 Å². The van der Waals surface area contributed by atoms with Crippen LogP contribution in [0.1, 0.15) is 41.4 Å². The molecule has 1 atom stereocenters. The number of rotatable bonds is 2. The minimum atomic E-state index is -0.464. The van der Waals surface area contributed by atoms with Crippen LogP contribution in [0.5, 0.6) is 0 Å². The highest BCUT2D eigenvalue weighted by molar-refractivity contribution is 6.03. The summed E-state index contributed by atoms with van der Waals surface area (Å²) in [5.41, 5.74) is 7.36. The lowest BCUT2D eigenvalue weighted by Crippen LogP contribution is -2.22. The van der Waals surface area contributed by atoms with Crippen LogP contribution in [0.4, 0.5) is 0 Å². The van der Waals surface area contributed by atoms with Gasteiger partial charge in [-0.1, -0.05) is 6.07 Å². The van der Waals surface area contributed by atoms with Crippen LogP contribution in [-0.2, 0) is 0 Å². The summed E-state index contributed by atoms with van der Waals surface area (Å²) in [6.45, 7) is 0.902. The van der Waals surface area contributed by atoms with E-state index in [1.165, 1.54) is 12.8 Å². The fourth-order valence-corrected chi connectivity index (χ4v) is 3.00. The second-order valence-electron chi connectivity index (χ2n) is 5.63. The third-order valence-corrected chi connectivity index (χ3v) is 4.26. The Morgan fingerprint density at radius 1 is 1.47 bits per heavy atom. The van der Waals surface area contributed by atoms with Gasteiger partial charge in [-0.15, -0.1) is 0 Å². The number of nitrogens with one attached hydrogen (secondary N) is 1. The lowest BCUT2D eigenvalue weighted by molar-refractivity contribution is 0.100. The number of para-hydroxylation sites is 1. The van der Waals surface area contributed by atoms with Crippen LogP contribution < -0.4 is 11.1 Å². The molecule has 1 aliphatic carbocycles. The molecule has 1 aromatic carbocycles. The molecule has 19 heavy (non-hydrogen) atoms. The standard InChI is InChI=1S/C14H15N3O2/c15-12(18)9-2-1-3-10-11(9)17-13(19-10)8-6-14(4-5-14)16-7-8/h1-3,8,16H,4-7H2,(H2,15,18). The minimum Gasteiger partial charge on any atom is -0.440 e. The van der Waals surface area contributed by atoms with Gasteiger partial charge in [0, 0.05) is 18.0 Å². The smallest absolute Gasteiger partial charge is 0.251 e. The Balaban J connectivity index is 1.75. The van der Waals surface area contributed by atoms with Crippen molar-refractivity contribution < 1.29 is 9.21 Å². The molecule has 2 aliphatic rings. The number of amides is 1. The normalized spacial score (nSPS) is 24.1. The zero-order chi connectivity index (χ0) is 13.0. The van der Waals surface area contributed by atoms with Gasteiger partial charge in [-0.25, -0.2) is 4.98 Å².